The molecule has 2 rings (SSSR count). The van der Waals surface area contributed by atoms with Gasteiger partial charge in [-0.25, -0.2) is 0 Å². The first-order chi connectivity index (χ1) is 11.0. The Hall–Kier alpha value is -2.89. The fourth-order valence-electron chi connectivity index (χ4n) is 2.19. The molecule has 0 radical (unpaired) electrons. The predicted octanol–water partition coefficient (Wildman–Crippen LogP) is 2.61. The summed E-state index contributed by atoms with van der Waals surface area (Å²) in [6, 6.07) is 8.80. The molecule has 1 amide bonds. The summed E-state index contributed by atoms with van der Waals surface area (Å²) >= 11 is 0. The van der Waals surface area contributed by atoms with Gasteiger partial charge in [-0.15, -0.1) is 0 Å². The number of hydrogen-bond acceptors (Lipinski definition) is 5. The molecule has 0 aliphatic heterocycles. The highest BCUT2D eigenvalue weighted by molar-refractivity contribution is 5.97. The minimum atomic E-state index is -0.485. The van der Waals surface area contributed by atoms with Crippen molar-refractivity contribution in [2.24, 2.45) is 0 Å². The van der Waals surface area contributed by atoms with Crippen LogP contribution >= 0.6 is 0 Å². The molecule has 0 spiro atoms. The Morgan fingerprint density at radius 3 is 2.39 bits per heavy atom. The Kier molecular flexibility index (Phi) is 4.95. The van der Waals surface area contributed by atoms with E-state index in [1.807, 2.05) is 6.07 Å². The van der Waals surface area contributed by atoms with Crippen LogP contribution in [0.15, 0.2) is 36.4 Å². The quantitative estimate of drug-likeness (QED) is 0.738. The van der Waals surface area contributed by atoms with Crippen molar-refractivity contribution in [3.63, 3.8) is 0 Å². The van der Waals surface area contributed by atoms with E-state index in [0.717, 1.165) is 5.56 Å². The number of aromatic hydroxyl groups is 2. The summed E-state index contributed by atoms with van der Waals surface area (Å²) in [4.78, 5) is 12.2. The minimum Gasteiger partial charge on any atom is -0.508 e. The van der Waals surface area contributed by atoms with Crippen LogP contribution in [-0.4, -0.2) is 30.3 Å². The lowest BCUT2D eigenvalue weighted by Gasteiger charge is -2.17. The SMILES string of the molecule is COc1ccc(C(C)NC(=O)c2cc(O)ccc2O)cc1OC. The number of methoxy groups -OCH3 is 2. The molecule has 1 atom stereocenters. The maximum Gasteiger partial charge on any atom is 0.255 e. The zero-order valence-electron chi connectivity index (χ0n) is 13.2. The van der Waals surface area contributed by atoms with Gasteiger partial charge in [0.25, 0.3) is 5.91 Å². The summed E-state index contributed by atoms with van der Waals surface area (Å²) < 4.78 is 10.4. The van der Waals surface area contributed by atoms with Crippen LogP contribution in [0.25, 0.3) is 0 Å². The number of ether oxygens (including phenoxy) is 2. The fraction of sp³-hybridized carbons (Fsp3) is 0.235. The monoisotopic (exact) mass is 317 g/mol. The molecule has 0 bridgehead atoms. The van der Waals surface area contributed by atoms with Crippen LogP contribution in [0.5, 0.6) is 23.0 Å². The summed E-state index contributed by atoms with van der Waals surface area (Å²) in [5.74, 6) is 0.388. The Morgan fingerprint density at radius 2 is 1.74 bits per heavy atom. The third kappa shape index (κ3) is 3.66. The topological polar surface area (TPSA) is 88.0 Å². The van der Waals surface area contributed by atoms with Crippen LogP contribution in [0.1, 0.15) is 28.9 Å². The second kappa shape index (κ2) is 6.91. The molecule has 2 aromatic rings. The van der Waals surface area contributed by atoms with Crippen molar-refractivity contribution in [1.82, 2.24) is 5.32 Å². The molecule has 1 unspecified atom stereocenters. The highest BCUT2D eigenvalue weighted by Crippen LogP contribution is 2.30. The van der Waals surface area contributed by atoms with E-state index in [4.69, 9.17) is 9.47 Å². The van der Waals surface area contributed by atoms with Crippen LogP contribution < -0.4 is 14.8 Å². The molecule has 0 fully saturated rings. The zero-order valence-corrected chi connectivity index (χ0v) is 13.2. The molecular formula is C17H19NO5. The minimum absolute atomic E-state index is 0.0114. The van der Waals surface area contributed by atoms with E-state index in [-0.39, 0.29) is 23.1 Å². The molecule has 23 heavy (non-hydrogen) atoms. The molecule has 6 nitrogen and oxygen atoms in total. The van der Waals surface area contributed by atoms with Crippen LogP contribution in [0.4, 0.5) is 0 Å². The summed E-state index contributed by atoms with van der Waals surface area (Å²) in [6.45, 7) is 1.80. The molecule has 0 aliphatic rings. The lowest BCUT2D eigenvalue weighted by Crippen LogP contribution is -2.26. The van der Waals surface area contributed by atoms with Crippen LogP contribution in [0, 0.1) is 0 Å². The first-order valence-corrected chi connectivity index (χ1v) is 7.01. The third-order valence-corrected chi connectivity index (χ3v) is 3.48. The molecule has 0 aromatic heterocycles. The van der Waals surface area contributed by atoms with Crippen LogP contribution in [0.2, 0.25) is 0 Å². The van der Waals surface area contributed by atoms with E-state index >= 15 is 0 Å². The van der Waals surface area contributed by atoms with Crippen molar-refractivity contribution in [1.29, 1.82) is 0 Å². The lowest BCUT2D eigenvalue weighted by atomic mass is 10.1. The average molecular weight is 317 g/mol. The van der Waals surface area contributed by atoms with Gasteiger partial charge in [-0.3, -0.25) is 4.79 Å². The van der Waals surface area contributed by atoms with Gasteiger partial charge in [0.15, 0.2) is 11.5 Å². The van der Waals surface area contributed by atoms with Crippen LogP contribution in [-0.2, 0) is 0 Å². The summed E-state index contributed by atoms with van der Waals surface area (Å²) in [7, 11) is 3.09. The van der Waals surface area contributed by atoms with Gasteiger partial charge in [-0.2, -0.15) is 0 Å². The number of carbonyl (C=O) groups is 1. The van der Waals surface area contributed by atoms with E-state index in [9.17, 15) is 15.0 Å². The number of nitrogens with one attached hydrogen (secondary N) is 1. The van der Waals surface area contributed by atoms with E-state index in [1.54, 1.807) is 26.2 Å². The Morgan fingerprint density at radius 1 is 1.04 bits per heavy atom. The van der Waals surface area contributed by atoms with E-state index < -0.39 is 5.91 Å². The lowest BCUT2D eigenvalue weighted by molar-refractivity contribution is 0.0936. The third-order valence-electron chi connectivity index (χ3n) is 3.48. The molecule has 3 N–H and O–H groups in total. The van der Waals surface area contributed by atoms with Crippen molar-refractivity contribution in [3.05, 3.63) is 47.5 Å². The van der Waals surface area contributed by atoms with Gasteiger partial charge < -0.3 is 25.0 Å². The van der Waals surface area contributed by atoms with Crippen molar-refractivity contribution in [3.8, 4) is 23.0 Å². The number of phenolic OH excluding ortho intramolecular Hbond substituents is 2. The fourth-order valence-corrected chi connectivity index (χ4v) is 2.19. The van der Waals surface area contributed by atoms with Gasteiger partial charge >= 0.3 is 0 Å². The highest BCUT2D eigenvalue weighted by Gasteiger charge is 2.16. The Balaban J connectivity index is 2.19. The molecule has 6 heteroatoms. The van der Waals surface area contributed by atoms with Gasteiger partial charge in [0.2, 0.25) is 0 Å². The first-order valence-electron chi connectivity index (χ1n) is 7.01. The molecule has 2 aromatic carbocycles. The van der Waals surface area contributed by atoms with E-state index in [0.29, 0.717) is 11.5 Å². The van der Waals surface area contributed by atoms with Gasteiger partial charge in [-0.05, 0) is 42.8 Å². The van der Waals surface area contributed by atoms with Crippen molar-refractivity contribution in [2.75, 3.05) is 14.2 Å². The molecule has 0 heterocycles. The molecule has 0 saturated carbocycles. The van der Waals surface area contributed by atoms with Crippen molar-refractivity contribution < 1.29 is 24.5 Å². The van der Waals surface area contributed by atoms with E-state index in [1.165, 1.54) is 25.3 Å². The van der Waals surface area contributed by atoms with Gasteiger partial charge in [0.1, 0.15) is 11.5 Å². The van der Waals surface area contributed by atoms with Crippen molar-refractivity contribution in [2.45, 2.75) is 13.0 Å². The van der Waals surface area contributed by atoms with E-state index in [2.05, 4.69) is 5.32 Å². The predicted molar refractivity (Wildman–Crippen MR) is 85.2 cm³/mol. The molecular weight excluding hydrogens is 298 g/mol. The Bertz CT molecular complexity index is 714. The number of hydrogen-bond donors (Lipinski definition) is 3. The molecule has 0 aliphatic carbocycles. The summed E-state index contributed by atoms with van der Waals surface area (Å²) in [5, 5.41) is 21.9. The number of phenols is 2. The molecule has 0 saturated heterocycles. The number of benzene rings is 2. The Labute approximate surface area is 134 Å². The standard InChI is InChI=1S/C17H19NO5/c1-10(11-4-7-15(22-2)16(8-11)23-3)18-17(21)13-9-12(19)5-6-14(13)20/h4-10,19-20H,1-3H3,(H,18,21). The second-order valence-electron chi connectivity index (χ2n) is 5.01. The number of carbonyl (C=O) groups excluding carboxylic acids is 1. The zero-order chi connectivity index (χ0) is 17.0. The number of amides is 1. The smallest absolute Gasteiger partial charge is 0.255 e. The average Bonchev–Trinajstić information content (AvgIpc) is 2.56. The maximum atomic E-state index is 12.2. The maximum absolute atomic E-state index is 12.2. The van der Waals surface area contributed by atoms with Gasteiger partial charge in [-0.1, -0.05) is 6.07 Å². The van der Waals surface area contributed by atoms with Crippen LogP contribution in [0.3, 0.4) is 0 Å². The first kappa shape index (κ1) is 16.5. The number of rotatable bonds is 5. The second-order valence-corrected chi connectivity index (χ2v) is 5.01. The van der Waals surface area contributed by atoms with Gasteiger partial charge in [0.05, 0.1) is 25.8 Å². The highest BCUT2D eigenvalue weighted by atomic mass is 16.5. The van der Waals surface area contributed by atoms with Gasteiger partial charge in [0, 0.05) is 0 Å². The largest absolute Gasteiger partial charge is 0.508 e. The molecule has 122 valence electrons. The normalized spacial score (nSPS) is 11.6. The summed E-state index contributed by atoms with van der Waals surface area (Å²) in [5.41, 5.74) is 0.827. The summed E-state index contributed by atoms with van der Waals surface area (Å²) in [6.07, 6.45) is 0. The van der Waals surface area contributed by atoms with Crippen molar-refractivity contribution >= 4 is 5.91 Å².